The standard InChI is InChI=1S/C57H96N8O10S2/c1-41(59-49(66)22-14-12-20-47-52-45(39-76-47)61-55(70)63-52)18-10-6-8-16-30-65(31-17-9-7-11-19-42(2)60-50(67)23-15-13-21-48-53-46(40-77-48)62-56(71)64-53)38-43-24-26-44(27-25-43)54(69)58-29-33-73-35-37-74-36-34-72-32-28-51(68)75-57(3,4)5/h24-27,41-42,45-48,52-53H,6-23,28-40H2,1-5H3,(H,58,69)(H,59,66)(H,60,67)(H2,61,63,70)(H2,62,64,71)/t41?,42?,45-,46-,47-,48-,52-,53-/m0/s1. The highest BCUT2D eigenvalue weighted by atomic mass is 32.2. The molecule has 0 radical (unpaired) electrons. The molecule has 4 heterocycles. The van der Waals surface area contributed by atoms with Crippen LogP contribution in [-0.4, -0.2) is 164 Å². The van der Waals surface area contributed by atoms with E-state index in [1.807, 2.05) is 56.4 Å². The van der Waals surface area contributed by atoms with Crippen molar-refractivity contribution in [3.8, 4) is 0 Å². The van der Waals surface area contributed by atoms with E-state index in [0.717, 1.165) is 134 Å². The van der Waals surface area contributed by atoms with Crippen molar-refractivity contribution < 1.29 is 47.7 Å². The molecule has 7 amide bonds. The molecule has 0 saturated carbocycles. The quantitative estimate of drug-likeness (QED) is 0.0194. The molecule has 4 fully saturated rings. The number of rotatable bonds is 41. The largest absolute Gasteiger partial charge is 0.460 e. The minimum absolute atomic E-state index is 0.0563. The third-order valence-electron chi connectivity index (χ3n) is 14.5. The number of hydrogen-bond acceptors (Lipinski definition) is 13. The Morgan fingerprint density at radius 1 is 0.610 bits per heavy atom. The number of nitrogens with zero attached hydrogens (tertiary/aromatic N) is 1. The summed E-state index contributed by atoms with van der Waals surface area (Å²) in [7, 11) is 0. The van der Waals surface area contributed by atoms with Gasteiger partial charge >= 0.3 is 18.0 Å². The van der Waals surface area contributed by atoms with Gasteiger partial charge in [-0.3, -0.25) is 24.1 Å². The number of fused-ring (bicyclic) bond motifs is 2. The Labute approximate surface area is 468 Å². The SMILES string of the molecule is CC(CCCCCCN(CCCCCCC(C)NC(=O)CCCC[C@@H]1SC[C@@H]2NC(=O)N[C@@H]21)Cc1ccc(C(=O)NCCOCCOCCOCCC(=O)OC(C)(C)C)cc1)NC(=O)CCCC[C@@H]1SC[C@@H]2NC(=O)N[C@@H]21. The lowest BCUT2D eigenvalue weighted by molar-refractivity contribution is -0.156. The number of urea groups is 2. The Balaban J connectivity index is 0.927. The number of thioether (sulfide) groups is 2. The Bertz CT molecular complexity index is 1850. The van der Waals surface area contributed by atoms with Gasteiger partial charge in [-0.05, 0) is 117 Å². The van der Waals surface area contributed by atoms with E-state index in [2.05, 4.69) is 68.1 Å². The maximum atomic E-state index is 12.9. The molecule has 5 rings (SSSR count). The molecule has 0 bridgehead atoms. The fraction of sp³-hybridized carbons (Fsp3) is 0.789. The molecule has 8 atom stereocenters. The lowest BCUT2D eigenvalue weighted by atomic mass is 10.0. The first kappa shape index (κ1) is 64.0. The van der Waals surface area contributed by atoms with Crippen LogP contribution in [0.2, 0.25) is 0 Å². The van der Waals surface area contributed by atoms with Crippen LogP contribution < -0.4 is 37.2 Å². The van der Waals surface area contributed by atoms with E-state index in [1.54, 1.807) is 0 Å². The molecule has 77 heavy (non-hydrogen) atoms. The first-order valence-corrected chi connectivity index (χ1v) is 31.2. The van der Waals surface area contributed by atoms with Crippen molar-refractivity contribution in [3.05, 3.63) is 35.4 Å². The Hall–Kier alpha value is -3.82. The average Bonchev–Trinajstić information content (AvgIpc) is 4.16. The number of esters is 1. The van der Waals surface area contributed by atoms with Crippen LogP contribution in [0.25, 0.3) is 0 Å². The van der Waals surface area contributed by atoms with Crippen LogP contribution in [-0.2, 0) is 39.9 Å². The molecular weight excluding hydrogens is 1020 g/mol. The van der Waals surface area contributed by atoms with Crippen LogP contribution >= 0.6 is 23.5 Å². The van der Waals surface area contributed by atoms with Gasteiger partial charge in [0.2, 0.25) is 11.8 Å². The number of ether oxygens (including phenoxy) is 4. The van der Waals surface area contributed by atoms with Gasteiger partial charge in [0.25, 0.3) is 5.91 Å². The molecule has 20 heteroatoms. The molecule has 4 aliphatic heterocycles. The smallest absolute Gasteiger partial charge is 0.315 e. The van der Waals surface area contributed by atoms with E-state index in [1.165, 1.54) is 5.56 Å². The maximum absolute atomic E-state index is 12.9. The van der Waals surface area contributed by atoms with Gasteiger partial charge in [0.05, 0.1) is 70.2 Å². The van der Waals surface area contributed by atoms with E-state index in [9.17, 15) is 28.8 Å². The number of benzene rings is 1. The highest BCUT2D eigenvalue weighted by Crippen LogP contribution is 2.34. The zero-order chi connectivity index (χ0) is 55.3. The highest BCUT2D eigenvalue weighted by molar-refractivity contribution is 8.00. The van der Waals surface area contributed by atoms with Gasteiger partial charge in [0, 0.05) is 65.6 Å². The molecule has 2 unspecified atom stereocenters. The van der Waals surface area contributed by atoms with Crippen LogP contribution in [0.4, 0.5) is 9.59 Å². The number of unbranched alkanes of at least 4 members (excludes halogenated alkanes) is 8. The third-order valence-corrected chi connectivity index (χ3v) is 17.5. The Morgan fingerprint density at radius 3 is 1.60 bits per heavy atom. The molecule has 1 aromatic carbocycles. The second-order valence-electron chi connectivity index (χ2n) is 22.5. The van der Waals surface area contributed by atoms with Crippen molar-refractivity contribution in [2.24, 2.45) is 0 Å². The zero-order valence-corrected chi connectivity index (χ0v) is 48.8. The van der Waals surface area contributed by atoms with E-state index in [-0.39, 0.29) is 85.0 Å². The van der Waals surface area contributed by atoms with Crippen molar-refractivity contribution in [1.29, 1.82) is 0 Å². The second kappa shape index (κ2) is 35.7. The molecule has 4 saturated heterocycles. The zero-order valence-electron chi connectivity index (χ0n) is 47.2. The van der Waals surface area contributed by atoms with Gasteiger partial charge < -0.3 is 56.2 Å². The predicted octanol–water partition coefficient (Wildman–Crippen LogP) is 7.36. The number of nitrogens with one attached hydrogen (secondary N) is 7. The van der Waals surface area contributed by atoms with Crippen LogP contribution in [0.3, 0.4) is 0 Å². The molecule has 1 aromatic rings. The molecule has 18 nitrogen and oxygen atoms in total. The van der Waals surface area contributed by atoms with E-state index < -0.39 is 5.60 Å². The first-order valence-electron chi connectivity index (χ1n) is 29.1. The Kier molecular flexibility index (Phi) is 29.7. The van der Waals surface area contributed by atoms with Crippen molar-refractivity contribution in [2.45, 2.75) is 216 Å². The normalized spacial score (nSPS) is 21.4. The number of carbonyl (C=O) groups is 6. The number of amides is 7. The maximum Gasteiger partial charge on any atom is 0.315 e. The minimum atomic E-state index is -0.505. The topological polar surface area (TPSA) is 227 Å². The fourth-order valence-electron chi connectivity index (χ4n) is 10.4. The molecule has 0 aromatic heterocycles. The van der Waals surface area contributed by atoms with Gasteiger partial charge in [0.15, 0.2) is 0 Å². The molecule has 4 aliphatic rings. The summed E-state index contributed by atoms with van der Waals surface area (Å²) in [6.07, 6.45) is 17.8. The molecule has 436 valence electrons. The van der Waals surface area contributed by atoms with Crippen molar-refractivity contribution in [2.75, 3.05) is 70.8 Å². The van der Waals surface area contributed by atoms with Crippen LogP contribution in [0.1, 0.15) is 173 Å². The summed E-state index contributed by atoms with van der Waals surface area (Å²) >= 11 is 3.84. The molecular formula is C57H96N8O10S2. The van der Waals surface area contributed by atoms with E-state index in [4.69, 9.17) is 18.9 Å². The van der Waals surface area contributed by atoms with Crippen LogP contribution in [0, 0.1) is 0 Å². The number of hydrogen-bond donors (Lipinski definition) is 7. The van der Waals surface area contributed by atoms with Gasteiger partial charge in [-0.25, -0.2) is 9.59 Å². The highest BCUT2D eigenvalue weighted by Gasteiger charge is 2.43. The van der Waals surface area contributed by atoms with Crippen molar-refractivity contribution >= 4 is 59.3 Å². The summed E-state index contributed by atoms with van der Waals surface area (Å²) in [5.74, 6) is 1.75. The summed E-state index contributed by atoms with van der Waals surface area (Å²) < 4.78 is 21.9. The molecule has 0 spiro atoms. The lowest BCUT2D eigenvalue weighted by Gasteiger charge is -2.23. The minimum Gasteiger partial charge on any atom is -0.460 e. The summed E-state index contributed by atoms with van der Waals surface area (Å²) in [5, 5.41) is 22.3. The second-order valence-corrected chi connectivity index (χ2v) is 25.0. The van der Waals surface area contributed by atoms with E-state index >= 15 is 0 Å². The van der Waals surface area contributed by atoms with Crippen LogP contribution in [0.5, 0.6) is 0 Å². The molecule has 0 aliphatic carbocycles. The van der Waals surface area contributed by atoms with Crippen molar-refractivity contribution in [1.82, 2.24) is 42.1 Å². The summed E-state index contributed by atoms with van der Waals surface area (Å²) in [6.45, 7) is 15.1. The van der Waals surface area contributed by atoms with Gasteiger partial charge in [-0.2, -0.15) is 23.5 Å². The van der Waals surface area contributed by atoms with Gasteiger partial charge in [-0.15, -0.1) is 0 Å². The third kappa shape index (κ3) is 26.3. The van der Waals surface area contributed by atoms with Gasteiger partial charge in [0.1, 0.15) is 5.60 Å². The average molecular weight is 1120 g/mol. The Morgan fingerprint density at radius 2 is 1.09 bits per heavy atom. The van der Waals surface area contributed by atoms with Crippen molar-refractivity contribution in [3.63, 3.8) is 0 Å². The van der Waals surface area contributed by atoms with Gasteiger partial charge in [-0.1, -0.05) is 63.5 Å². The summed E-state index contributed by atoms with van der Waals surface area (Å²) in [5.41, 5.74) is 1.27. The predicted molar refractivity (Wildman–Crippen MR) is 306 cm³/mol. The summed E-state index contributed by atoms with van der Waals surface area (Å²) in [4.78, 5) is 76.0. The molecule has 7 N–H and O–H groups in total. The van der Waals surface area contributed by atoms with Crippen LogP contribution in [0.15, 0.2) is 24.3 Å². The number of carbonyl (C=O) groups excluding carboxylic acids is 6. The fourth-order valence-corrected chi connectivity index (χ4v) is 13.5. The monoisotopic (exact) mass is 1120 g/mol. The lowest BCUT2D eigenvalue weighted by Crippen LogP contribution is -2.36. The first-order chi connectivity index (χ1) is 37.1. The summed E-state index contributed by atoms with van der Waals surface area (Å²) in [6, 6.07) is 8.98. The van der Waals surface area contributed by atoms with E-state index in [0.29, 0.717) is 68.5 Å².